The first-order valence-electron chi connectivity index (χ1n) is 2.74. The average Bonchev–Trinajstić information content (AvgIpc) is 1.97. The van der Waals surface area contributed by atoms with Crippen molar-refractivity contribution < 1.29 is 9.78 Å². The fraction of sp³-hybridized carbons (Fsp3) is 0.400. The maximum Gasteiger partial charge on any atom is 0.130 e. The van der Waals surface area contributed by atoms with Gasteiger partial charge in [-0.1, -0.05) is 6.08 Å². The Hall–Kier alpha value is -1.07. The number of nitrogens with zero attached hydrogens (tertiary/aromatic N) is 1. The van der Waals surface area contributed by atoms with E-state index in [-0.39, 0.29) is 0 Å². The van der Waals surface area contributed by atoms with E-state index in [1.54, 1.807) is 13.1 Å². The van der Waals surface area contributed by atoms with Crippen LogP contribution in [0.2, 0.25) is 0 Å². The van der Waals surface area contributed by atoms with Crippen LogP contribution in [0, 0.1) is 0 Å². The molecule has 10 heavy (non-hydrogen) atoms. The molecule has 5 heteroatoms. The molecular weight excluding hydrogens is 134 g/mol. The van der Waals surface area contributed by atoms with E-state index in [0.29, 0.717) is 6.61 Å². The molecule has 0 aromatic heterocycles. The smallest absolute Gasteiger partial charge is 0.130 e. The van der Waals surface area contributed by atoms with Gasteiger partial charge in [0.15, 0.2) is 0 Å². The first kappa shape index (κ1) is 8.93. The zero-order valence-corrected chi connectivity index (χ0v) is 5.83. The lowest BCUT2D eigenvalue weighted by molar-refractivity contribution is -0.162. The Morgan fingerprint density at radius 3 is 3.10 bits per heavy atom. The molecule has 0 aromatic rings. The molecule has 0 spiro atoms. The molecule has 0 aliphatic carbocycles. The minimum absolute atomic E-state index is 0.370. The van der Waals surface area contributed by atoms with E-state index in [1.807, 2.05) is 0 Å². The van der Waals surface area contributed by atoms with Crippen LogP contribution in [0.15, 0.2) is 17.8 Å². The first-order valence-corrected chi connectivity index (χ1v) is 2.74. The molecule has 0 amide bonds. The van der Waals surface area contributed by atoms with E-state index in [0.717, 1.165) is 0 Å². The van der Waals surface area contributed by atoms with Gasteiger partial charge in [-0.15, -0.1) is 6.58 Å². The summed E-state index contributed by atoms with van der Waals surface area (Å²) in [6, 6.07) is 0. The van der Waals surface area contributed by atoms with Crippen molar-refractivity contribution in [1.82, 2.24) is 11.0 Å². The van der Waals surface area contributed by atoms with Crippen LogP contribution in [-0.4, -0.2) is 20.0 Å². The van der Waals surface area contributed by atoms with Crippen LogP contribution in [0.4, 0.5) is 0 Å². The topological polar surface area (TPSA) is 54.9 Å². The van der Waals surface area contributed by atoms with Gasteiger partial charge in [-0.05, 0) is 10.8 Å². The van der Waals surface area contributed by atoms with Crippen LogP contribution in [-0.2, 0) is 9.78 Å². The lowest BCUT2D eigenvalue weighted by Gasteiger charge is -1.97. The Morgan fingerprint density at radius 2 is 2.50 bits per heavy atom. The minimum atomic E-state index is 0.370. The molecule has 0 bridgehead atoms. The van der Waals surface area contributed by atoms with Crippen molar-refractivity contribution in [3.8, 4) is 0 Å². The summed E-state index contributed by atoms with van der Waals surface area (Å²) in [6.07, 6.45) is 2.95. The number of nitrogens with one attached hydrogen (secondary N) is 2. The van der Waals surface area contributed by atoms with Gasteiger partial charge < -0.3 is 5.32 Å². The Kier molecular flexibility index (Phi) is 7.08. The molecule has 58 valence electrons. The summed E-state index contributed by atoms with van der Waals surface area (Å²) in [4.78, 5) is 8.96. The predicted molar refractivity (Wildman–Crippen MR) is 37.9 cm³/mol. The predicted octanol–water partition coefficient (Wildman–Crippen LogP) is -0.212. The minimum Gasteiger partial charge on any atom is -0.376 e. The molecule has 0 fully saturated rings. The quantitative estimate of drug-likeness (QED) is 0.178. The third kappa shape index (κ3) is 6.93. The SMILES string of the molecule is C=CCONO/N=C\NC. The highest BCUT2D eigenvalue weighted by Crippen LogP contribution is 1.69. The lowest BCUT2D eigenvalue weighted by Crippen LogP contribution is -2.13. The molecule has 0 aliphatic rings. The fourth-order valence-electron chi connectivity index (χ4n) is 0.220. The molecule has 0 saturated heterocycles. The van der Waals surface area contributed by atoms with Gasteiger partial charge in [0.25, 0.3) is 0 Å². The third-order valence-electron chi connectivity index (χ3n) is 0.532. The van der Waals surface area contributed by atoms with E-state index in [1.165, 1.54) is 6.34 Å². The van der Waals surface area contributed by atoms with Gasteiger partial charge in [-0.25, -0.2) is 0 Å². The van der Waals surface area contributed by atoms with E-state index in [4.69, 9.17) is 0 Å². The molecule has 0 saturated carbocycles. The van der Waals surface area contributed by atoms with E-state index in [9.17, 15) is 0 Å². The number of oxime groups is 1. The molecule has 2 N–H and O–H groups in total. The Bertz CT molecular complexity index is 105. The van der Waals surface area contributed by atoms with Crippen LogP contribution in [0.1, 0.15) is 0 Å². The zero-order valence-electron chi connectivity index (χ0n) is 5.83. The summed E-state index contributed by atoms with van der Waals surface area (Å²) in [5, 5.41) is 5.98. The largest absolute Gasteiger partial charge is 0.376 e. The summed E-state index contributed by atoms with van der Waals surface area (Å²) in [7, 11) is 1.71. The maximum atomic E-state index is 4.60. The van der Waals surface area contributed by atoms with Gasteiger partial charge in [-0.2, -0.15) is 0 Å². The van der Waals surface area contributed by atoms with Crippen LogP contribution in [0.5, 0.6) is 0 Å². The monoisotopic (exact) mass is 145 g/mol. The summed E-state index contributed by atoms with van der Waals surface area (Å²) in [6.45, 7) is 3.79. The van der Waals surface area contributed by atoms with Crippen molar-refractivity contribution in [3.05, 3.63) is 12.7 Å². The second-order valence-corrected chi connectivity index (χ2v) is 1.30. The molecule has 5 nitrogen and oxygen atoms in total. The molecule has 0 aromatic carbocycles. The summed E-state index contributed by atoms with van der Waals surface area (Å²) >= 11 is 0. The molecule has 0 aliphatic heterocycles. The van der Waals surface area contributed by atoms with Crippen molar-refractivity contribution in [1.29, 1.82) is 0 Å². The lowest BCUT2D eigenvalue weighted by atomic mass is 10.7. The maximum absolute atomic E-state index is 4.60. The van der Waals surface area contributed by atoms with Gasteiger partial charge in [0, 0.05) is 7.05 Å². The van der Waals surface area contributed by atoms with Crippen LogP contribution in [0.3, 0.4) is 0 Å². The van der Waals surface area contributed by atoms with Crippen molar-refractivity contribution >= 4 is 6.34 Å². The standard InChI is InChI=1S/C5H11N3O2/c1-3-4-9-8-10-7-5-6-2/h3,5,8H,1,4H2,2H3,(H,6,7). The molecule has 0 unspecified atom stereocenters. The van der Waals surface area contributed by atoms with Gasteiger partial charge in [0.05, 0.1) is 6.61 Å². The van der Waals surface area contributed by atoms with Crippen molar-refractivity contribution in [2.45, 2.75) is 0 Å². The van der Waals surface area contributed by atoms with Gasteiger partial charge >= 0.3 is 0 Å². The van der Waals surface area contributed by atoms with Gasteiger partial charge in [0.2, 0.25) is 0 Å². The second-order valence-electron chi connectivity index (χ2n) is 1.30. The fourth-order valence-corrected chi connectivity index (χ4v) is 0.220. The molecule has 0 atom stereocenters. The second kappa shape index (κ2) is 7.93. The van der Waals surface area contributed by atoms with Gasteiger partial charge in [0.1, 0.15) is 6.34 Å². The highest BCUT2D eigenvalue weighted by Gasteiger charge is 1.76. The van der Waals surface area contributed by atoms with Crippen LogP contribution < -0.4 is 11.0 Å². The highest BCUT2D eigenvalue weighted by molar-refractivity contribution is 5.52. The molecular formula is C5H11N3O2. The van der Waals surface area contributed by atoms with Crippen molar-refractivity contribution in [2.24, 2.45) is 5.16 Å². The van der Waals surface area contributed by atoms with Crippen molar-refractivity contribution in [2.75, 3.05) is 13.7 Å². The third-order valence-corrected chi connectivity index (χ3v) is 0.532. The summed E-state index contributed by atoms with van der Waals surface area (Å²) in [5.74, 6) is 0. The zero-order chi connectivity index (χ0) is 7.66. The molecule has 0 radical (unpaired) electrons. The van der Waals surface area contributed by atoms with Gasteiger partial charge in [-0.3, -0.25) is 9.78 Å². The van der Waals surface area contributed by atoms with Crippen molar-refractivity contribution in [3.63, 3.8) is 0 Å². The van der Waals surface area contributed by atoms with E-state index < -0.39 is 0 Å². The Morgan fingerprint density at radius 1 is 1.70 bits per heavy atom. The van der Waals surface area contributed by atoms with Crippen LogP contribution in [0.25, 0.3) is 0 Å². The summed E-state index contributed by atoms with van der Waals surface area (Å²) < 4.78 is 0. The number of hydrogen-bond donors (Lipinski definition) is 2. The Labute approximate surface area is 59.6 Å². The summed E-state index contributed by atoms with van der Waals surface area (Å²) in [5.41, 5.74) is 2.11. The Balaban J connectivity index is 2.89. The van der Waals surface area contributed by atoms with Crippen LogP contribution >= 0.6 is 0 Å². The van der Waals surface area contributed by atoms with E-state index >= 15 is 0 Å². The average molecular weight is 145 g/mol. The highest BCUT2D eigenvalue weighted by atomic mass is 17.0. The number of hydrogen-bond acceptors (Lipinski definition) is 4. The number of rotatable bonds is 6. The molecule has 0 heterocycles. The van der Waals surface area contributed by atoms with E-state index in [2.05, 4.69) is 32.5 Å². The normalized spacial score (nSPS) is 9.70. The molecule has 0 rings (SSSR count). The first-order chi connectivity index (χ1) is 4.91.